The third-order valence-electron chi connectivity index (χ3n) is 11.6. The van der Waals surface area contributed by atoms with Crippen molar-refractivity contribution in [3.05, 3.63) is 174 Å². The molecule has 0 fully saturated rings. The van der Waals surface area contributed by atoms with Gasteiger partial charge in [-0.15, -0.1) is 11.3 Å². The molecule has 2 unspecified atom stereocenters. The van der Waals surface area contributed by atoms with Crippen molar-refractivity contribution in [1.29, 1.82) is 0 Å². The SMILES string of the molecule is Cc1ccc(N)c(NC(c2ccc3c(ccc4ccccc43)c2)C2Cc3ccccc3-c3c(c4ccccc4c4sc5cc6ccccc6cc5c34)N2)c1. The summed E-state index contributed by atoms with van der Waals surface area (Å²) in [5.74, 6) is 0. The van der Waals surface area contributed by atoms with Crippen LogP contribution in [0.2, 0.25) is 0 Å². The number of aryl methyl sites for hydroxylation is 1. The molecule has 0 radical (unpaired) electrons. The van der Waals surface area contributed by atoms with E-state index < -0.39 is 0 Å². The van der Waals surface area contributed by atoms with E-state index in [0.29, 0.717) is 0 Å². The van der Waals surface area contributed by atoms with Crippen molar-refractivity contribution >= 4 is 91.7 Å². The van der Waals surface area contributed by atoms with Gasteiger partial charge < -0.3 is 16.4 Å². The van der Waals surface area contributed by atoms with Crippen LogP contribution >= 0.6 is 11.3 Å². The summed E-state index contributed by atoms with van der Waals surface area (Å²) in [4.78, 5) is 0. The normalized spacial score (nSPS) is 14.6. The summed E-state index contributed by atoms with van der Waals surface area (Å²) in [7, 11) is 0. The highest BCUT2D eigenvalue weighted by Gasteiger charge is 2.32. The Balaban J connectivity index is 1.17. The molecular formula is C50H37N3S. The van der Waals surface area contributed by atoms with Gasteiger partial charge >= 0.3 is 0 Å². The van der Waals surface area contributed by atoms with Crippen LogP contribution in [0.5, 0.6) is 0 Å². The molecule has 4 heteroatoms. The van der Waals surface area contributed by atoms with E-state index in [9.17, 15) is 0 Å². The van der Waals surface area contributed by atoms with Crippen LogP contribution in [0.15, 0.2) is 158 Å². The fourth-order valence-electron chi connectivity index (χ4n) is 9.02. The highest BCUT2D eigenvalue weighted by molar-refractivity contribution is 7.27. The lowest BCUT2D eigenvalue weighted by atomic mass is 9.89. The minimum Gasteiger partial charge on any atom is -0.397 e. The average Bonchev–Trinajstić information content (AvgIpc) is 3.48. The van der Waals surface area contributed by atoms with Gasteiger partial charge in [-0.3, -0.25) is 0 Å². The Hall–Kier alpha value is -6.36. The molecule has 9 aromatic carbocycles. The molecule has 2 atom stereocenters. The van der Waals surface area contributed by atoms with Crippen molar-refractivity contribution in [3.8, 4) is 11.1 Å². The van der Waals surface area contributed by atoms with Gasteiger partial charge in [0.2, 0.25) is 0 Å². The van der Waals surface area contributed by atoms with Gasteiger partial charge in [-0.2, -0.15) is 0 Å². The number of thiophene rings is 1. The van der Waals surface area contributed by atoms with Crippen molar-refractivity contribution in [2.45, 2.75) is 25.4 Å². The molecule has 4 N–H and O–H groups in total. The van der Waals surface area contributed by atoms with Gasteiger partial charge in [0.25, 0.3) is 0 Å². The zero-order chi connectivity index (χ0) is 35.9. The fourth-order valence-corrected chi connectivity index (χ4v) is 10.3. The first-order chi connectivity index (χ1) is 26.6. The lowest BCUT2D eigenvalue weighted by Gasteiger charge is -2.32. The Morgan fingerprint density at radius 3 is 2.20 bits per heavy atom. The van der Waals surface area contributed by atoms with Crippen LogP contribution in [-0.4, -0.2) is 6.04 Å². The Morgan fingerprint density at radius 2 is 1.33 bits per heavy atom. The molecule has 2 heterocycles. The van der Waals surface area contributed by atoms with Crippen LogP contribution in [0, 0.1) is 6.92 Å². The number of nitrogens with two attached hydrogens (primary N) is 1. The molecule has 1 aromatic heterocycles. The predicted octanol–water partition coefficient (Wildman–Crippen LogP) is 13.4. The molecule has 54 heavy (non-hydrogen) atoms. The first-order valence-electron chi connectivity index (χ1n) is 18.8. The van der Waals surface area contributed by atoms with E-state index in [1.807, 2.05) is 17.4 Å². The molecule has 258 valence electrons. The Morgan fingerprint density at radius 1 is 0.630 bits per heavy atom. The van der Waals surface area contributed by atoms with Crippen LogP contribution in [0.3, 0.4) is 0 Å². The molecule has 3 nitrogen and oxygen atoms in total. The maximum atomic E-state index is 6.72. The largest absolute Gasteiger partial charge is 0.397 e. The summed E-state index contributed by atoms with van der Waals surface area (Å²) in [6.07, 6.45) is 0.824. The van der Waals surface area contributed by atoms with Gasteiger partial charge in [0.15, 0.2) is 0 Å². The van der Waals surface area contributed by atoms with E-state index in [0.717, 1.165) is 17.8 Å². The number of hydrogen-bond acceptors (Lipinski definition) is 4. The summed E-state index contributed by atoms with van der Waals surface area (Å²) < 4.78 is 2.66. The molecule has 0 bridgehead atoms. The zero-order valence-corrected chi connectivity index (χ0v) is 30.7. The molecule has 0 amide bonds. The second-order valence-corrected chi connectivity index (χ2v) is 15.9. The topological polar surface area (TPSA) is 50.1 Å². The van der Waals surface area contributed by atoms with E-state index in [1.54, 1.807) is 0 Å². The van der Waals surface area contributed by atoms with E-state index in [-0.39, 0.29) is 12.1 Å². The van der Waals surface area contributed by atoms with E-state index in [2.05, 4.69) is 169 Å². The van der Waals surface area contributed by atoms with Crippen molar-refractivity contribution < 1.29 is 0 Å². The lowest BCUT2D eigenvalue weighted by Crippen LogP contribution is -2.34. The highest BCUT2D eigenvalue weighted by atomic mass is 32.1. The smallest absolute Gasteiger partial charge is 0.0719 e. The van der Waals surface area contributed by atoms with Crippen LogP contribution < -0.4 is 16.4 Å². The number of benzene rings is 9. The van der Waals surface area contributed by atoms with Crippen LogP contribution in [0.4, 0.5) is 17.1 Å². The van der Waals surface area contributed by atoms with Crippen molar-refractivity contribution in [2.75, 3.05) is 16.4 Å². The van der Waals surface area contributed by atoms with Crippen LogP contribution in [-0.2, 0) is 6.42 Å². The molecule has 1 aliphatic heterocycles. The summed E-state index contributed by atoms with van der Waals surface area (Å²) >= 11 is 1.92. The highest BCUT2D eigenvalue weighted by Crippen LogP contribution is 2.52. The van der Waals surface area contributed by atoms with Gasteiger partial charge in [-0.1, -0.05) is 127 Å². The first-order valence-corrected chi connectivity index (χ1v) is 19.6. The minimum atomic E-state index is -0.110. The molecule has 0 saturated heterocycles. The third-order valence-corrected chi connectivity index (χ3v) is 12.8. The molecule has 10 aromatic rings. The molecule has 0 aliphatic carbocycles. The molecular weight excluding hydrogens is 675 g/mol. The summed E-state index contributed by atoms with van der Waals surface area (Å²) in [6.45, 7) is 2.13. The van der Waals surface area contributed by atoms with Gasteiger partial charge in [0.05, 0.1) is 29.1 Å². The lowest BCUT2D eigenvalue weighted by molar-refractivity contribution is 0.615. The number of nitrogen functional groups attached to an aromatic ring is 1. The Kier molecular flexibility index (Phi) is 6.98. The Labute approximate surface area is 317 Å². The van der Waals surface area contributed by atoms with Gasteiger partial charge in [0.1, 0.15) is 0 Å². The quantitative estimate of drug-likeness (QED) is 0.126. The molecule has 11 rings (SSSR count). The minimum absolute atomic E-state index is 0.0168. The second kappa shape index (κ2) is 12.1. The van der Waals surface area contributed by atoms with Gasteiger partial charge in [-0.25, -0.2) is 0 Å². The number of rotatable bonds is 4. The van der Waals surface area contributed by atoms with E-state index >= 15 is 0 Å². The van der Waals surface area contributed by atoms with Crippen molar-refractivity contribution in [2.24, 2.45) is 0 Å². The third kappa shape index (κ3) is 4.87. The van der Waals surface area contributed by atoms with Crippen molar-refractivity contribution in [3.63, 3.8) is 0 Å². The molecule has 0 saturated carbocycles. The van der Waals surface area contributed by atoms with Gasteiger partial charge in [0, 0.05) is 36.5 Å². The average molecular weight is 712 g/mol. The van der Waals surface area contributed by atoms with Gasteiger partial charge in [-0.05, 0) is 98.2 Å². The van der Waals surface area contributed by atoms with E-state index in [4.69, 9.17) is 5.73 Å². The van der Waals surface area contributed by atoms with Crippen LogP contribution in [0.1, 0.15) is 22.7 Å². The first kappa shape index (κ1) is 31.2. The predicted molar refractivity (Wildman–Crippen MR) is 234 cm³/mol. The zero-order valence-electron chi connectivity index (χ0n) is 29.9. The number of anilines is 3. The molecule has 1 aliphatic rings. The number of nitrogens with one attached hydrogen (secondary N) is 2. The maximum absolute atomic E-state index is 6.72. The second-order valence-electron chi connectivity index (χ2n) is 14.9. The fraction of sp³-hybridized carbons (Fsp3) is 0.0800. The number of hydrogen-bond donors (Lipinski definition) is 3. The number of fused-ring (bicyclic) bond motifs is 14. The molecule has 0 spiro atoms. The monoisotopic (exact) mass is 711 g/mol. The summed E-state index contributed by atoms with van der Waals surface area (Å²) in [6, 6.07) is 57.9. The van der Waals surface area contributed by atoms with E-state index in [1.165, 1.54) is 96.8 Å². The van der Waals surface area contributed by atoms with Crippen LogP contribution in [0.25, 0.3) is 74.4 Å². The summed E-state index contributed by atoms with van der Waals surface area (Å²) in [5.41, 5.74) is 15.9. The van der Waals surface area contributed by atoms with Crippen molar-refractivity contribution in [1.82, 2.24) is 0 Å². The standard InChI is InChI=1S/C50H37N3S/c1-29-18-23-42(51)43(24-29)52-48(35-21-22-37-34(25-35)20-19-30-10-4-6-14-36(30)37)44-27-33-13-5-7-15-38(33)46-47-41-26-31-11-2-3-12-32(31)28-45(41)54-50(47)40-17-9-8-16-39(40)49(46)53-44/h2-26,28,44,48,52-53H,27,51H2,1H3. The maximum Gasteiger partial charge on any atom is 0.0719 e. The Bertz CT molecular complexity index is 3140. The summed E-state index contributed by atoms with van der Waals surface area (Å²) in [5, 5.41) is 21.0.